The van der Waals surface area contributed by atoms with E-state index in [1.165, 1.54) is 16.0 Å². The Labute approximate surface area is 143 Å². The zero-order chi connectivity index (χ0) is 16.7. The van der Waals surface area contributed by atoms with Crippen LogP contribution in [0.1, 0.15) is 49.5 Å². The first-order valence-electron chi connectivity index (χ1n) is 8.25. The Bertz CT molecular complexity index is 611. The Balaban J connectivity index is 2.31. The standard InChI is InChI=1S/C20H26O2S/c1-4-9-17-19(22-14-15-10-7-6-8-11-15)13-12-16(18(21)5-2)20(17)23-3/h6-8,10-13,18,21H,4-5,9,14H2,1-3H3. The highest BCUT2D eigenvalue weighted by atomic mass is 32.2. The molecule has 124 valence electrons. The summed E-state index contributed by atoms with van der Waals surface area (Å²) in [7, 11) is 0. The Kier molecular flexibility index (Phi) is 7.00. The second kappa shape index (κ2) is 8.99. The predicted octanol–water partition coefficient (Wildman–Crippen LogP) is 5.38. The van der Waals surface area contributed by atoms with Gasteiger partial charge >= 0.3 is 0 Å². The lowest BCUT2D eigenvalue weighted by molar-refractivity contribution is 0.170. The van der Waals surface area contributed by atoms with Crippen LogP contribution in [0.2, 0.25) is 0 Å². The lowest BCUT2D eigenvalue weighted by Gasteiger charge is -2.20. The maximum atomic E-state index is 10.3. The first kappa shape index (κ1) is 17.9. The summed E-state index contributed by atoms with van der Waals surface area (Å²) >= 11 is 1.70. The summed E-state index contributed by atoms with van der Waals surface area (Å²) < 4.78 is 6.09. The summed E-state index contributed by atoms with van der Waals surface area (Å²) in [4.78, 5) is 1.17. The monoisotopic (exact) mass is 330 g/mol. The van der Waals surface area contributed by atoms with E-state index in [0.717, 1.165) is 30.6 Å². The zero-order valence-electron chi connectivity index (χ0n) is 14.2. The molecule has 2 aromatic rings. The number of ether oxygens (including phenoxy) is 1. The number of aliphatic hydroxyl groups excluding tert-OH is 1. The van der Waals surface area contributed by atoms with Crippen molar-refractivity contribution < 1.29 is 9.84 Å². The van der Waals surface area contributed by atoms with E-state index in [9.17, 15) is 5.11 Å². The van der Waals surface area contributed by atoms with Crippen molar-refractivity contribution in [3.05, 3.63) is 59.2 Å². The van der Waals surface area contributed by atoms with Gasteiger partial charge in [-0.1, -0.05) is 56.7 Å². The van der Waals surface area contributed by atoms with Crippen LogP contribution in [-0.2, 0) is 13.0 Å². The molecule has 0 fully saturated rings. The fraction of sp³-hybridized carbons (Fsp3) is 0.400. The summed E-state index contributed by atoms with van der Waals surface area (Å²) in [5.74, 6) is 0.937. The van der Waals surface area contributed by atoms with Gasteiger partial charge in [-0.05, 0) is 36.3 Å². The van der Waals surface area contributed by atoms with Gasteiger partial charge in [-0.15, -0.1) is 11.8 Å². The maximum absolute atomic E-state index is 10.3. The fourth-order valence-electron chi connectivity index (χ4n) is 2.71. The highest BCUT2D eigenvalue weighted by molar-refractivity contribution is 7.98. The average molecular weight is 330 g/mol. The van der Waals surface area contributed by atoms with Gasteiger partial charge in [-0.2, -0.15) is 0 Å². The van der Waals surface area contributed by atoms with E-state index in [1.54, 1.807) is 11.8 Å². The van der Waals surface area contributed by atoms with Crippen molar-refractivity contribution in [1.82, 2.24) is 0 Å². The smallest absolute Gasteiger partial charge is 0.124 e. The molecular weight excluding hydrogens is 304 g/mol. The molecule has 2 rings (SSSR count). The van der Waals surface area contributed by atoms with Crippen molar-refractivity contribution in [1.29, 1.82) is 0 Å². The zero-order valence-corrected chi connectivity index (χ0v) is 15.0. The van der Waals surface area contributed by atoms with Crippen LogP contribution >= 0.6 is 11.8 Å². The third-order valence-corrected chi connectivity index (χ3v) is 4.83. The van der Waals surface area contributed by atoms with Crippen LogP contribution in [0.5, 0.6) is 5.75 Å². The van der Waals surface area contributed by atoms with Gasteiger partial charge in [0.2, 0.25) is 0 Å². The van der Waals surface area contributed by atoms with Crippen molar-refractivity contribution in [3.8, 4) is 5.75 Å². The molecule has 2 nitrogen and oxygen atoms in total. The topological polar surface area (TPSA) is 29.5 Å². The van der Waals surface area contributed by atoms with Gasteiger partial charge < -0.3 is 9.84 Å². The van der Waals surface area contributed by atoms with Crippen molar-refractivity contribution in [3.63, 3.8) is 0 Å². The normalized spacial score (nSPS) is 12.2. The average Bonchev–Trinajstić information content (AvgIpc) is 2.60. The van der Waals surface area contributed by atoms with Gasteiger partial charge in [0.25, 0.3) is 0 Å². The Hall–Kier alpha value is -1.45. The lowest BCUT2D eigenvalue weighted by atomic mass is 10.0. The minimum Gasteiger partial charge on any atom is -0.489 e. The van der Waals surface area contributed by atoms with Gasteiger partial charge in [-0.25, -0.2) is 0 Å². The molecule has 0 aliphatic carbocycles. The minimum absolute atomic E-state index is 0.406. The van der Waals surface area contributed by atoms with E-state index in [2.05, 4.69) is 25.3 Å². The molecule has 23 heavy (non-hydrogen) atoms. The van der Waals surface area contributed by atoms with E-state index in [-0.39, 0.29) is 0 Å². The summed E-state index contributed by atoms with van der Waals surface area (Å²) in [5, 5.41) is 10.3. The maximum Gasteiger partial charge on any atom is 0.124 e. The van der Waals surface area contributed by atoms with Crippen LogP contribution in [0.4, 0.5) is 0 Å². The van der Waals surface area contributed by atoms with Crippen molar-refractivity contribution in [2.24, 2.45) is 0 Å². The highest BCUT2D eigenvalue weighted by Gasteiger charge is 2.17. The van der Waals surface area contributed by atoms with Crippen LogP contribution in [0.3, 0.4) is 0 Å². The Morgan fingerprint density at radius 3 is 2.43 bits per heavy atom. The van der Waals surface area contributed by atoms with E-state index in [1.807, 2.05) is 37.3 Å². The quantitative estimate of drug-likeness (QED) is 0.659. The van der Waals surface area contributed by atoms with E-state index >= 15 is 0 Å². The first-order chi connectivity index (χ1) is 11.2. The van der Waals surface area contributed by atoms with Crippen molar-refractivity contribution >= 4 is 11.8 Å². The summed E-state index contributed by atoms with van der Waals surface area (Å²) in [5.41, 5.74) is 3.41. The molecule has 0 amide bonds. The first-order valence-corrected chi connectivity index (χ1v) is 9.48. The van der Waals surface area contributed by atoms with Crippen LogP contribution in [0.25, 0.3) is 0 Å². The Morgan fingerprint density at radius 1 is 1.09 bits per heavy atom. The molecule has 1 N–H and O–H groups in total. The van der Waals surface area contributed by atoms with Crippen LogP contribution in [0, 0.1) is 0 Å². The molecule has 0 aromatic heterocycles. The number of hydrogen-bond donors (Lipinski definition) is 1. The molecule has 1 unspecified atom stereocenters. The molecule has 3 heteroatoms. The molecule has 2 aromatic carbocycles. The second-order valence-electron chi connectivity index (χ2n) is 5.61. The van der Waals surface area contributed by atoms with Gasteiger partial charge in [0, 0.05) is 10.5 Å². The summed E-state index contributed by atoms with van der Waals surface area (Å²) in [6.07, 6.45) is 4.41. The van der Waals surface area contributed by atoms with Crippen LogP contribution in [-0.4, -0.2) is 11.4 Å². The number of hydrogen-bond acceptors (Lipinski definition) is 3. The molecule has 0 radical (unpaired) electrons. The second-order valence-corrected chi connectivity index (χ2v) is 6.43. The van der Waals surface area contributed by atoms with E-state index < -0.39 is 6.10 Å². The molecule has 0 heterocycles. The van der Waals surface area contributed by atoms with Gasteiger partial charge in [-0.3, -0.25) is 0 Å². The third kappa shape index (κ3) is 4.52. The fourth-order valence-corrected chi connectivity index (χ4v) is 3.60. The van der Waals surface area contributed by atoms with Crippen LogP contribution < -0.4 is 4.74 Å². The molecule has 1 atom stereocenters. The SMILES string of the molecule is CCCc1c(OCc2ccccc2)ccc(C(O)CC)c1SC. The van der Waals surface area contributed by atoms with E-state index in [0.29, 0.717) is 6.61 Å². The summed E-state index contributed by atoms with van der Waals surface area (Å²) in [6, 6.07) is 14.2. The molecule has 0 bridgehead atoms. The lowest BCUT2D eigenvalue weighted by Crippen LogP contribution is -2.05. The van der Waals surface area contributed by atoms with Crippen molar-refractivity contribution in [2.45, 2.75) is 50.7 Å². The minimum atomic E-state index is -0.406. The number of thioether (sulfide) groups is 1. The van der Waals surface area contributed by atoms with Gasteiger partial charge in [0.05, 0.1) is 6.10 Å². The molecule has 0 saturated carbocycles. The molecular formula is C20H26O2S. The third-order valence-electron chi connectivity index (χ3n) is 3.93. The van der Waals surface area contributed by atoms with Gasteiger partial charge in [0.15, 0.2) is 0 Å². The Morgan fingerprint density at radius 2 is 1.83 bits per heavy atom. The van der Waals surface area contributed by atoms with Gasteiger partial charge in [0.1, 0.15) is 12.4 Å². The molecule has 0 aliphatic rings. The summed E-state index contributed by atoms with van der Waals surface area (Å²) in [6.45, 7) is 4.75. The molecule has 0 saturated heterocycles. The largest absolute Gasteiger partial charge is 0.489 e. The predicted molar refractivity (Wildman–Crippen MR) is 98.2 cm³/mol. The highest BCUT2D eigenvalue weighted by Crippen LogP contribution is 2.37. The number of aliphatic hydroxyl groups is 1. The van der Waals surface area contributed by atoms with Crippen LogP contribution in [0.15, 0.2) is 47.4 Å². The molecule has 0 spiro atoms. The number of rotatable bonds is 8. The number of benzene rings is 2. The van der Waals surface area contributed by atoms with Crippen molar-refractivity contribution in [2.75, 3.05) is 6.26 Å². The van der Waals surface area contributed by atoms with E-state index in [4.69, 9.17) is 4.74 Å². The molecule has 0 aliphatic heterocycles.